The maximum absolute atomic E-state index is 2.46. The predicted molar refractivity (Wildman–Crippen MR) is 90.7 cm³/mol. The second kappa shape index (κ2) is 8.74. The zero-order chi connectivity index (χ0) is 15.1. The number of rotatable bonds is 9. The van der Waals surface area contributed by atoms with E-state index in [9.17, 15) is 0 Å². The SMILES string of the molecule is CCC(=CN(C)CCC(C)C1CC(CC)C1)CC(C)C. The Labute approximate surface area is 127 Å². The van der Waals surface area contributed by atoms with Gasteiger partial charge in [0.2, 0.25) is 0 Å². The van der Waals surface area contributed by atoms with Gasteiger partial charge in [-0.3, -0.25) is 0 Å². The summed E-state index contributed by atoms with van der Waals surface area (Å²) in [5.41, 5.74) is 1.60. The minimum absolute atomic E-state index is 0.773. The Morgan fingerprint density at radius 2 is 1.85 bits per heavy atom. The summed E-state index contributed by atoms with van der Waals surface area (Å²) in [5.74, 6) is 3.73. The minimum Gasteiger partial charge on any atom is -0.380 e. The van der Waals surface area contributed by atoms with Crippen molar-refractivity contribution in [1.82, 2.24) is 4.90 Å². The van der Waals surface area contributed by atoms with Crippen LogP contribution in [0.15, 0.2) is 11.8 Å². The molecule has 0 radical (unpaired) electrons. The molecule has 1 atom stereocenters. The molecule has 1 fully saturated rings. The molecular weight excluding hydrogens is 242 g/mol. The van der Waals surface area contributed by atoms with Crippen LogP contribution in [0.25, 0.3) is 0 Å². The average molecular weight is 280 g/mol. The molecule has 0 bridgehead atoms. The van der Waals surface area contributed by atoms with Crippen LogP contribution in [0.1, 0.15) is 73.1 Å². The molecule has 1 saturated carbocycles. The lowest BCUT2D eigenvalue weighted by molar-refractivity contribution is 0.119. The first-order valence-electron chi connectivity index (χ1n) is 8.85. The van der Waals surface area contributed by atoms with E-state index in [1.54, 1.807) is 5.57 Å². The molecule has 0 aromatic heterocycles. The van der Waals surface area contributed by atoms with Gasteiger partial charge in [-0.2, -0.15) is 0 Å². The van der Waals surface area contributed by atoms with Gasteiger partial charge in [-0.25, -0.2) is 0 Å². The van der Waals surface area contributed by atoms with Crippen LogP contribution < -0.4 is 0 Å². The molecule has 0 heterocycles. The molecule has 0 N–H and O–H groups in total. The predicted octanol–water partition coefficient (Wildman–Crippen LogP) is 5.72. The molecule has 1 aliphatic rings. The summed E-state index contributed by atoms with van der Waals surface area (Å²) in [6.07, 6.45) is 10.6. The van der Waals surface area contributed by atoms with Crippen LogP contribution in [0.4, 0.5) is 0 Å². The molecular formula is C19H37N. The van der Waals surface area contributed by atoms with E-state index in [-0.39, 0.29) is 0 Å². The van der Waals surface area contributed by atoms with Crippen molar-refractivity contribution in [2.45, 2.75) is 73.1 Å². The third-order valence-corrected chi connectivity index (χ3v) is 5.12. The lowest BCUT2D eigenvalue weighted by Gasteiger charge is -2.39. The lowest BCUT2D eigenvalue weighted by atomic mass is 9.67. The summed E-state index contributed by atoms with van der Waals surface area (Å²) < 4.78 is 0. The fraction of sp³-hybridized carbons (Fsp3) is 0.895. The number of nitrogens with zero attached hydrogens (tertiary/aromatic N) is 1. The van der Waals surface area contributed by atoms with Crippen LogP contribution in [0.3, 0.4) is 0 Å². The Hall–Kier alpha value is -0.460. The molecule has 1 nitrogen and oxygen atoms in total. The quantitative estimate of drug-likeness (QED) is 0.521. The van der Waals surface area contributed by atoms with Crippen molar-refractivity contribution in [2.24, 2.45) is 23.7 Å². The van der Waals surface area contributed by atoms with Crippen molar-refractivity contribution in [3.05, 3.63) is 11.8 Å². The molecule has 0 spiro atoms. The van der Waals surface area contributed by atoms with E-state index in [2.05, 4.69) is 52.8 Å². The Balaban J connectivity index is 2.28. The fourth-order valence-electron chi connectivity index (χ4n) is 3.42. The van der Waals surface area contributed by atoms with E-state index in [0.29, 0.717) is 0 Å². The van der Waals surface area contributed by atoms with Crippen molar-refractivity contribution >= 4 is 0 Å². The molecule has 0 amide bonds. The van der Waals surface area contributed by atoms with E-state index < -0.39 is 0 Å². The Morgan fingerprint density at radius 1 is 1.20 bits per heavy atom. The van der Waals surface area contributed by atoms with Crippen molar-refractivity contribution in [3.8, 4) is 0 Å². The average Bonchev–Trinajstić information content (AvgIpc) is 2.33. The zero-order valence-electron chi connectivity index (χ0n) is 14.8. The monoisotopic (exact) mass is 279 g/mol. The normalized spacial score (nSPS) is 24.6. The highest BCUT2D eigenvalue weighted by Gasteiger charge is 2.31. The third kappa shape index (κ3) is 5.89. The summed E-state index contributed by atoms with van der Waals surface area (Å²) in [5, 5.41) is 0. The van der Waals surface area contributed by atoms with Gasteiger partial charge in [0.05, 0.1) is 0 Å². The van der Waals surface area contributed by atoms with Crippen LogP contribution in [0.2, 0.25) is 0 Å². The van der Waals surface area contributed by atoms with Crippen molar-refractivity contribution in [3.63, 3.8) is 0 Å². The molecule has 0 saturated heterocycles. The van der Waals surface area contributed by atoms with Gasteiger partial charge >= 0.3 is 0 Å². The Kier molecular flexibility index (Phi) is 7.69. The number of allylic oxidation sites excluding steroid dienone is 1. The second-order valence-corrected chi connectivity index (χ2v) is 7.49. The van der Waals surface area contributed by atoms with Crippen molar-refractivity contribution < 1.29 is 0 Å². The van der Waals surface area contributed by atoms with E-state index in [1.807, 2.05) is 0 Å². The van der Waals surface area contributed by atoms with Crippen LogP contribution in [-0.4, -0.2) is 18.5 Å². The van der Waals surface area contributed by atoms with Gasteiger partial charge in [0.25, 0.3) is 0 Å². The maximum Gasteiger partial charge on any atom is 0.0171 e. The molecule has 1 rings (SSSR count). The van der Waals surface area contributed by atoms with E-state index >= 15 is 0 Å². The third-order valence-electron chi connectivity index (χ3n) is 5.12. The molecule has 0 aromatic rings. The highest BCUT2D eigenvalue weighted by atomic mass is 15.1. The molecule has 1 aliphatic carbocycles. The topological polar surface area (TPSA) is 3.24 Å². The summed E-state index contributed by atoms with van der Waals surface area (Å²) in [6.45, 7) is 12.9. The van der Waals surface area contributed by atoms with Crippen LogP contribution >= 0.6 is 0 Å². The maximum atomic E-state index is 2.46. The van der Waals surface area contributed by atoms with Gasteiger partial charge < -0.3 is 4.90 Å². The van der Waals surface area contributed by atoms with Crippen LogP contribution in [-0.2, 0) is 0 Å². The van der Waals surface area contributed by atoms with E-state index in [4.69, 9.17) is 0 Å². The highest BCUT2D eigenvalue weighted by Crippen LogP contribution is 2.41. The van der Waals surface area contributed by atoms with Crippen molar-refractivity contribution in [2.75, 3.05) is 13.6 Å². The fourth-order valence-corrected chi connectivity index (χ4v) is 3.42. The van der Waals surface area contributed by atoms with Crippen LogP contribution in [0.5, 0.6) is 0 Å². The molecule has 0 aliphatic heterocycles. The number of hydrogen-bond acceptors (Lipinski definition) is 1. The summed E-state index contributed by atoms with van der Waals surface area (Å²) in [6, 6.07) is 0. The van der Waals surface area contributed by atoms with E-state index in [1.165, 1.54) is 45.1 Å². The van der Waals surface area contributed by atoms with Gasteiger partial charge in [0.1, 0.15) is 0 Å². The first-order chi connectivity index (χ1) is 9.46. The highest BCUT2D eigenvalue weighted by molar-refractivity contribution is 5.01. The summed E-state index contributed by atoms with van der Waals surface area (Å²) >= 11 is 0. The van der Waals surface area contributed by atoms with E-state index in [0.717, 1.165) is 23.7 Å². The number of hydrogen-bond donors (Lipinski definition) is 0. The van der Waals surface area contributed by atoms with Gasteiger partial charge in [0.15, 0.2) is 0 Å². The first kappa shape index (κ1) is 17.6. The second-order valence-electron chi connectivity index (χ2n) is 7.49. The van der Waals surface area contributed by atoms with Crippen LogP contribution in [0, 0.1) is 23.7 Å². The van der Waals surface area contributed by atoms with Gasteiger partial charge in [-0.15, -0.1) is 0 Å². The Morgan fingerprint density at radius 3 is 2.35 bits per heavy atom. The molecule has 1 unspecified atom stereocenters. The molecule has 20 heavy (non-hydrogen) atoms. The van der Waals surface area contributed by atoms with Gasteiger partial charge in [-0.1, -0.05) is 46.6 Å². The first-order valence-corrected chi connectivity index (χ1v) is 8.85. The minimum atomic E-state index is 0.773. The van der Waals surface area contributed by atoms with Gasteiger partial charge in [-0.05, 0) is 62.0 Å². The molecule has 118 valence electrons. The van der Waals surface area contributed by atoms with Crippen molar-refractivity contribution in [1.29, 1.82) is 0 Å². The molecule has 0 aromatic carbocycles. The lowest BCUT2D eigenvalue weighted by Crippen LogP contribution is -2.30. The summed E-state index contributed by atoms with van der Waals surface area (Å²) in [4.78, 5) is 2.42. The standard InChI is InChI=1S/C19H37N/c1-7-17-12-19(13-17)16(5)9-10-20(6)14-18(8-2)11-15(3)4/h14-17,19H,7-13H2,1-6H3. The smallest absolute Gasteiger partial charge is 0.0171 e. The van der Waals surface area contributed by atoms with Gasteiger partial charge in [0, 0.05) is 13.6 Å². The Bertz CT molecular complexity index is 286. The zero-order valence-corrected chi connectivity index (χ0v) is 14.8. The molecule has 1 heteroatoms. The largest absolute Gasteiger partial charge is 0.380 e. The summed E-state index contributed by atoms with van der Waals surface area (Å²) in [7, 11) is 2.25.